The third-order valence-corrected chi connectivity index (χ3v) is 5.34. The van der Waals surface area contributed by atoms with Crippen molar-refractivity contribution in [3.63, 3.8) is 0 Å². The number of hydrogen-bond donors (Lipinski definition) is 4. The number of hydrogen-bond acceptors (Lipinski definition) is 9. The molecule has 4 rings (SSSR count). The summed E-state index contributed by atoms with van der Waals surface area (Å²) in [4.78, 5) is 17.6. The Labute approximate surface area is 178 Å². The summed E-state index contributed by atoms with van der Waals surface area (Å²) in [6, 6.07) is 16.2. The molecule has 2 aromatic heterocycles. The number of anilines is 4. The smallest absolute Gasteiger partial charge is 0.233 e. The van der Waals surface area contributed by atoms with Gasteiger partial charge >= 0.3 is 0 Å². The van der Waals surface area contributed by atoms with Crippen molar-refractivity contribution < 1.29 is 5.11 Å². The summed E-state index contributed by atoms with van der Waals surface area (Å²) in [5, 5.41) is 18.7. The topological polar surface area (TPSA) is 108 Å². The molecule has 0 aliphatic carbocycles. The van der Waals surface area contributed by atoms with Gasteiger partial charge in [0.15, 0.2) is 0 Å². The van der Waals surface area contributed by atoms with Crippen LogP contribution in [0.2, 0.25) is 0 Å². The Hall–Kier alpha value is -3.30. The first-order chi connectivity index (χ1) is 14.7. The Kier molecular flexibility index (Phi) is 6.31. The van der Waals surface area contributed by atoms with Gasteiger partial charge in [-0.2, -0.15) is 15.0 Å². The number of nitrogens with one attached hydrogen (secondary N) is 3. The van der Waals surface area contributed by atoms with Crippen LogP contribution in [0.3, 0.4) is 0 Å². The molecule has 4 aromatic rings. The first kappa shape index (κ1) is 20.0. The van der Waals surface area contributed by atoms with Gasteiger partial charge in [-0.25, -0.2) is 4.98 Å². The van der Waals surface area contributed by atoms with Gasteiger partial charge in [-0.15, -0.1) is 11.3 Å². The van der Waals surface area contributed by atoms with Gasteiger partial charge in [0, 0.05) is 18.8 Å². The second-order valence-corrected chi connectivity index (χ2v) is 7.70. The molecule has 9 heteroatoms. The highest BCUT2D eigenvalue weighted by Gasteiger charge is 2.10. The van der Waals surface area contributed by atoms with E-state index in [1.54, 1.807) is 11.3 Å². The fourth-order valence-corrected chi connectivity index (χ4v) is 3.68. The van der Waals surface area contributed by atoms with Gasteiger partial charge in [-0.3, -0.25) is 0 Å². The van der Waals surface area contributed by atoms with Gasteiger partial charge in [0.1, 0.15) is 0 Å². The van der Waals surface area contributed by atoms with Crippen molar-refractivity contribution in [2.24, 2.45) is 0 Å². The Morgan fingerprint density at radius 3 is 2.53 bits per heavy atom. The summed E-state index contributed by atoms with van der Waals surface area (Å²) < 4.78 is 1.09. The van der Waals surface area contributed by atoms with Crippen LogP contribution >= 0.6 is 11.3 Å². The van der Waals surface area contributed by atoms with Crippen LogP contribution in [0.15, 0.2) is 54.0 Å². The SMILES string of the molecule is CC(CNc1nc(NCCO)nc(Nc2ccc3ncsc3c2)n1)c1ccccc1. The van der Waals surface area contributed by atoms with Gasteiger partial charge in [0.25, 0.3) is 0 Å². The zero-order chi connectivity index (χ0) is 20.8. The maximum Gasteiger partial charge on any atom is 0.233 e. The molecular formula is C21H23N7OS. The lowest BCUT2D eigenvalue weighted by molar-refractivity contribution is 0.311. The Morgan fingerprint density at radius 2 is 1.73 bits per heavy atom. The van der Waals surface area contributed by atoms with E-state index in [0.717, 1.165) is 15.9 Å². The van der Waals surface area contributed by atoms with Crippen LogP contribution < -0.4 is 16.0 Å². The summed E-state index contributed by atoms with van der Waals surface area (Å²) in [6.07, 6.45) is 0. The number of aromatic nitrogens is 4. The third-order valence-electron chi connectivity index (χ3n) is 4.55. The zero-order valence-electron chi connectivity index (χ0n) is 16.5. The molecule has 0 aliphatic rings. The molecule has 2 aromatic carbocycles. The molecular weight excluding hydrogens is 398 g/mol. The lowest BCUT2D eigenvalue weighted by Crippen LogP contribution is -2.16. The molecule has 1 atom stereocenters. The Morgan fingerprint density at radius 1 is 0.967 bits per heavy atom. The molecule has 2 heterocycles. The number of rotatable bonds is 9. The molecule has 0 aliphatic heterocycles. The molecule has 0 saturated carbocycles. The summed E-state index contributed by atoms with van der Waals surface area (Å²) in [6.45, 7) is 3.18. The first-order valence-electron chi connectivity index (χ1n) is 9.71. The molecule has 0 bridgehead atoms. The molecule has 0 spiro atoms. The molecule has 0 fully saturated rings. The lowest BCUT2D eigenvalue weighted by Gasteiger charge is -2.14. The quantitative estimate of drug-likeness (QED) is 0.323. The molecule has 30 heavy (non-hydrogen) atoms. The van der Waals surface area contributed by atoms with Crippen LogP contribution in [0.5, 0.6) is 0 Å². The summed E-state index contributed by atoms with van der Waals surface area (Å²) in [7, 11) is 0. The molecule has 4 N–H and O–H groups in total. The van der Waals surface area contributed by atoms with Crippen molar-refractivity contribution >= 4 is 45.1 Å². The largest absolute Gasteiger partial charge is 0.395 e. The molecule has 1 unspecified atom stereocenters. The van der Waals surface area contributed by atoms with Crippen LogP contribution in [-0.2, 0) is 0 Å². The van der Waals surface area contributed by atoms with Crippen molar-refractivity contribution in [2.75, 3.05) is 35.6 Å². The zero-order valence-corrected chi connectivity index (χ0v) is 17.4. The van der Waals surface area contributed by atoms with Gasteiger partial charge in [0.2, 0.25) is 17.8 Å². The summed E-state index contributed by atoms with van der Waals surface area (Å²) >= 11 is 1.58. The number of thiazole rings is 1. The number of nitrogens with zero attached hydrogens (tertiary/aromatic N) is 4. The third kappa shape index (κ3) is 5.00. The van der Waals surface area contributed by atoms with Gasteiger partial charge < -0.3 is 21.1 Å². The minimum atomic E-state index is -0.00963. The van der Waals surface area contributed by atoms with Crippen molar-refractivity contribution in [1.29, 1.82) is 0 Å². The summed E-state index contributed by atoms with van der Waals surface area (Å²) in [5.41, 5.74) is 4.90. The van der Waals surface area contributed by atoms with E-state index in [1.807, 2.05) is 41.9 Å². The van der Waals surface area contributed by atoms with Crippen LogP contribution in [0, 0.1) is 0 Å². The van der Waals surface area contributed by atoms with Crippen molar-refractivity contribution in [1.82, 2.24) is 19.9 Å². The number of aliphatic hydroxyl groups excluding tert-OH is 1. The highest BCUT2D eigenvalue weighted by Crippen LogP contribution is 2.24. The molecule has 0 radical (unpaired) electrons. The van der Waals surface area contributed by atoms with E-state index in [4.69, 9.17) is 5.11 Å². The van der Waals surface area contributed by atoms with E-state index in [2.05, 4.69) is 54.9 Å². The van der Waals surface area contributed by atoms with E-state index >= 15 is 0 Å². The minimum Gasteiger partial charge on any atom is -0.395 e. The predicted octanol–water partition coefficient (Wildman–Crippen LogP) is 3.84. The van der Waals surface area contributed by atoms with Gasteiger partial charge in [-0.1, -0.05) is 37.3 Å². The maximum atomic E-state index is 9.11. The molecule has 0 saturated heterocycles. The van der Waals surface area contributed by atoms with E-state index in [9.17, 15) is 0 Å². The van der Waals surface area contributed by atoms with E-state index in [-0.39, 0.29) is 6.61 Å². The van der Waals surface area contributed by atoms with Crippen molar-refractivity contribution in [3.8, 4) is 0 Å². The van der Waals surface area contributed by atoms with Crippen molar-refractivity contribution in [2.45, 2.75) is 12.8 Å². The van der Waals surface area contributed by atoms with Crippen LogP contribution in [-0.4, -0.2) is 44.7 Å². The first-order valence-corrected chi connectivity index (χ1v) is 10.6. The number of fused-ring (bicyclic) bond motifs is 1. The maximum absolute atomic E-state index is 9.11. The summed E-state index contributed by atoms with van der Waals surface area (Å²) in [5.74, 6) is 1.58. The fourth-order valence-electron chi connectivity index (χ4n) is 2.96. The minimum absolute atomic E-state index is 0.00963. The van der Waals surface area contributed by atoms with Gasteiger partial charge in [-0.05, 0) is 29.7 Å². The van der Waals surface area contributed by atoms with Crippen LogP contribution in [0.1, 0.15) is 18.4 Å². The normalized spacial score (nSPS) is 11.9. The average Bonchev–Trinajstić information content (AvgIpc) is 3.24. The van der Waals surface area contributed by atoms with E-state index in [0.29, 0.717) is 36.9 Å². The van der Waals surface area contributed by atoms with Crippen LogP contribution in [0.25, 0.3) is 10.2 Å². The Bertz CT molecular complexity index is 1100. The molecule has 154 valence electrons. The average molecular weight is 422 g/mol. The number of benzene rings is 2. The monoisotopic (exact) mass is 421 g/mol. The highest BCUT2D eigenvalue weighted by atomic mass is 32.1. The van der Waals surface area contributed by atoms with E-state index in [1.165, 1.54) is 5.56 Å². The second kappa shape index (κ2) is 9.47. The van der Waals surface area contributed by atoms with Crippen molar-refractivity contribution in [3.05, 3.63) is 59.6 Å². The fraction of sp³-hybridized carbons (Fsp3) is 0.238. The lowest BCUT2D eigenvalue weighted by atomic mass is 10.0. The highest BCUT2D eigenvalue weighted by molar-refractivity contribution is 7.16. The van der Waals surface area contributed by atoms with Gasteiger partial charge in [0.05, 0.1) is 22.3 Å². The Balaban J connectivity index is 1.52. The standard InChI is InChI=1S/C21H23N7OS/c1-14(15-5-3-2-4-6-15)12-23-20-26-19(22-9-10-29)27-21(28-20)25-16-7-8-17-18(11-16)30-13-24-17/h2-8,11,13-14,29H,9-10,12H2,1H3,(H3,22,23,25,26,27,28). The second-order valence-electron chi connectivity index (χ2n) is 6.81. The molecule has 0 amide bonds. The molecule has 8 nitrogen and oxygen atoms in total. The number of aliphatic hydroxyl groups is 1. The van der Waals surface area contributed by atoms with E-state index < -0.39 is 0 Å². The van der Waals surface area contributed by atoms with Crippen LogP contribution in [0.4, 0.5) is 23.5 Å². The predicted molar refractivity (Wildman–Crippen MR) is 122 cm³/mol.